The third kappa shape index (κ3) is 3.22. The number of carbonyl (C=O) groups excluding carboxylic acids is 2. The topological polar surface area (TPSA) is 66.8 Å². The highest BCUT2D eigenvalue weighted by atomic mass is 19.4. The largest absolute Gasteiger partial charge is 0.463 e. The Kier molecular flexibility index (Phi) is 5.18. The van der Waals surface area contributed by atoms with Gasteiger partial charge in [-0.05, 0) is 19.1 Å². The van der Waals surface area contributed by atoms with E-state index in [0.29, 0.717) is 5.69 Å². The van der Waals surface area contributed by atoms with Crippen molar-refractivity contribution in [2.24, 2.45) is 0 Å². The van der Waals surface area contributed by atoms with Gasteiger partial charge in [0, 0.05) is 25.2 Å². The van der Waals surface area contributed by atoms with Crippen molar-refractivity contribution in [2.75, 3.05) is 18.6 Å². The molecule has 1 unspecified atom stereocenters. The molecule has 0 spiro atoms. The van der Waals surface area contributed by atoms with Crippen LogP contribution in [0, 0.1) is 0 Å². The molecule has 0 heterocycles. The van der Waals surface area contributed by atoms with Crippen molar-refractivity contribution in [3.63, 3.8) is 0 Å². The molecule has 1 aromatic rings. The molecular weight excluding hydrogens is 303 g/mol. The van der Waals surface area contributed by atoms with Gasteiger partial charge in [0.05, 0.1) is 6.61 Å². The van der Waals surface area contributed by atoms with E-state index >= 15 is 0 Å². The molecule has 1 rings (SSSR count). The highest BCUT2D eigenvalue weighted by Gasteiger charge is 2.62. The molecule has 0 saturated heterocycles. The molecule has 0 bridgehead atoms. The van der Waals surface area contributed by atoms with Crippen molar-refractivity contribution in [2.45, 2.75) is 25.6 Å². The van der Waals surface area contributed by atoms with Crippen molar-refractivity contribution in [1.82, 2.24) is 0 Å². The zero-order valence-electron chi connectivity index (χ0n) is 12.3. The average Bonchev–Trinajstić information content (AvgIpc) is 2.44. The Morgan fingerprint density at radius 3 is 2.09 bits per heavy atom. The Labute approximate surface area is 125 Å². The first-order chi connectivity index (χ1) is 10.1. The summed E-state index contributed by atoms with van der Waals surface area (Å²) in [5.74, 6) is -2.11. The molecule has 22 heavy (non-hydrogen) atoms. The molecular formula is C14H16F3NO4. The van der Waals surface area contributed by atoms with Crippen LogP contribution >= 0.6 is 0 Å². The first-order valence-electron chi connectivity index (χ1n) is 6.36. The fraction of sp³-hybridized carbons (Fsp3) is 0.429. The van der Waals surface area contributed by atoms with E-state index in [1.165, 1.54) is 37.9 Å². The van der Waals surface area contributed by atoms with E-state index in [0.717, 1.165) is 12.1 Å². The summed E-state index contributed by atoms with van der Waals surface area (Å²) in [4.78, 5) is 24.0. The summed E-state index contributed by atoms with van der Waals surface area (Å²) in [5, 5.41) is 9.88. The fourth-order valence-corrected chi connectivity index (χ4v) is 1.74. The molecule has 0 aromatic heterocycles. The Morgan fingerprint density at radius 1 is 1.23 bits per heavy atom. The standard InChI is InChI=1S/C14H16F3NO4/c1-4-22-12(20)13(21,14(15,16)17)10-5-7-11(8-6-10)18(3)9(2)19/h5-8,21H,4H2,1-3H3. The number of halogens is 3. The number of carbonyl (C=O) groups is 2. The van der Waals surface area contributed by atoms with Crippen molar-refractivity contribution in [1.29, 1.82) is 0 Å². The summed E-state index contributed by atoms with van der Waals surface area (Å²) in [6.07, 6.45) is -5.24. The van der Waals surface area contributed by atoms with Gasteiger partial charge in [0.2, 0.25) is 5.91 Å². The number of esters is 1. The van der Waals surface area contributed by atoms with E-state index in [1.54, 1.807) is 0 Å². The van der Waals surface area contributed by atoms with E-state index in [2.05, 4.69) is 4.74 Å². The first-order valence-corrected chi connectivity index (χ1v) is 6.36. The predicted molar refractivity (Wildman–Crippen MR) is 72.1 cm³/mol. The third-order valence-electron chi connectivity index (χ3n) is 3.13. The normalized spacial score (nSPS) is 14.1. The van der Waals surface area contributed by atoms with Crippen molar-refractivity contribution in [3.05, 3.63) is 29.8 Å². The number of nitrogens with zero attached hydrogens (tertiary/aromatic N) is 1. The van der Waals surface area contributed by atoms with Crippen molar-refractivity contribution >= 4 is 17.6 Å². The molecule has 0 aliphatic heterocycles. The molecule has 1 aromatic carbocycles. The second kappa shape index (κ2) is 6.35. The Morgan fingerprint density at radius 2 is 1.73 bits per heavy atom. The zero-order chi connectivity index (χ0) is 17.1. The van der Waals surface area contributed by atoms with Gasteiger partial charge in [-0.2, -0.15) is 13.2 Å². The highest BCUT2D eigenvalue weighted by Crippen LogP contribution is 2.40. The average molecular weight is 319 g/mol. The number of aliphatic hydroxyl groups is 1. The molecule has 1 N–H and O–H groups in total. The monoisotopic (exact) mass is 319 g/mol. The molecule has 1 amide bonds. The number of benzene rings is 1. The number of hydrogen-bond donors (Lipinski definition) is 1. The van der Waals surface area contributed by atoms with Crippen LogP contribution in [0.15, 0.2) is 24.3 Å². The number of amides is 1. The van der Waals surface area contributed by atoms with Crippen LogP contribution in [0.3, 0.4) is 0 Å². The number of anilines is 1. The van der Waals surface area contributed by atoms with E-state index in [4.69, 9.17) is 0 Å². The van der Waals surface area contributed by atoms with Crippen LogP contribution in [0.2, 0.25) is 0 Å². The van der Waals surface area contributed by atoms with Crippen LogP contribution in [0.25, 0.3) is 0 Å². The maximum atomic E-state index is 13.1. The predicted octanol–water partition coefficient (Wildman–Crippen LogP) is 1.98. The number of alkyl halides is 3. The Hall–Kier alpha value is -2.09. The van der Waals surface area contributed by atoms with Crippen LogP contribution in [0.5, 0.6) is 0 Å². The second-order valence-electron chi connectivity index (χ2n) is 4.55. The molecule has 0 saturated carbocycles. The minimum atomic E-state index is -5.24. The molecule has 5 nitrogen and oxygen atoms in total. The van der Waals surface area contributed by atoms with Gasteiger partial charge in [0.25, 0.3) is 5.60 Å². The van der Waals surface area contributed by atoms with Gasteiger partial charge >= 0.3 is 12.1 Å². The smallest absolute Gasteiger partial charge is 0.432 e. The molecule has 1 atom stereocenters. The summed E-state index contributed by atoms with van der Waals surface area (Å²) in [5.41, 5.74) is -4.11. The Balaban J connectivity index is 3.28. The van der Waals surface area contributed by atoms with Crippen molar-refractivity contribution in [3.8, 4) is 0 Å². The maximum absolute atomic E-state index is 13.1. The third-order valence-corrected chi connectivity index (χ3v) is 3.13. The van der Waals surface area contributed by atoms with E-state index in [-0.39, 0.29) is 12.5 Å². The molecule has 8 heteroatoms. The lowest BCUT2D eigenvalue weighted by molar-refractivity contribution is -0.267. The quantitative estimate of drug-likeness (QED) is 0.862. The van der Waals surface area contributed by atoms with Crippen LogP contribution in [-0.4, -0.2) is 36.8 Å². The molecule has 0 aliphatic rings. The fourth-order valence-electron chi connectivity index (χ4n) is 1.74. The van der Waals surface area contributed by atoms with Crippen LogP contribution in [0.1, 0.15) is 19.4 Å². The summed E-state index contributed by atoms with van der Waals surface area (Å²) in [6.45, 7) is 2.32. The van der Waals surface area contributed by atoms with Gasteiger partial charge in [0.15, 0.2) is 0 Å². The van der Waals surface area contributed by atoms with Gasteiger partial charge in [-0.1, -0.05) is 12.1 Å². The molecule has 0 radical (unpaired) electrons. The number of rotatable bonds is 4. The minimum absolute atomic E-state index is 0.303. The van der Waals surface area contributed by atoms with E-state index in [1.807, 2.05) is 0 Å². The van der Waals surface area contributed by atoms with Gasteiger partial charge in [0.1, 0.15) is 0 Å². The van der Waals surface area contributed by atoms with Crippen LogP contribution in [0.4, 0.5) is 18.9 Å². The summed E-state index contributed by atoms with van der Waals surface area (Å²) in [6, 6.07) is 4.26. The minimum Gasteiger partial charge on any atom is -0.463 e. The SMILES string of the molecule is CCOC(=O)C(O)(c1ccc(N(C)C(C)=O)cc1)C(F)(F)F. The van der Waals surface area contributed by atoms with Gasteiger partial charge in [-0.3, -0.25) is 4.79 Å². The van der Waals surface area contributed by atoms with Gasteiger partial charge < -0.3 is 14.7 Å². The van der Waals surface area contributed by atoms with Gasteiger partial charge in [-0.15, -0.1) is 0 Å². The first kappa shape index (κ1) is 18.0. The van der Waals surface area contributed by atoms with Gasteiger partial charge in [-0.25, -0.2) is 4.79 Å². The van der Waals surface area contributed by atoms with Crippen LogP contribution < -0.4 is 4.90 Å². The lowest BCUT2D eigenvalue weighted by atomic mass is 9.93. The summed E-state index contributed by atoms with van der Waals surface area (Å²) < 4.78 is 43.7. The zero-order valence-corrected chi connectivity index (χ0v) is 12.3. The number of hydrogen-bond acceptors (Lipinski definition) is 4. The lowest BCUT2D eigenvalue weighted by Crippen LogP contribution is -2.50. The van der Waals surface area contributed by atoms with Crippen LogP contribution in [-0.2, 0) is 19.9 Å². The van der Waals surface area contributed by atoms with E-state index in [9.17, 15) is 27.9 Å². The summed E-state index contributed by atoms with van der Waals surface area (Å²) >= 11 is 0. The van der Waals surface area contributed by atoms with Crippen molar-refractivity contribution < 1.29 is 32.6 Å². The summed E-state index contributed by atoms with van der Waals surface area (Å²) in [7, 11) is 1.44. The lowest BCUT2D eigenvalue weighted by Gasteiger charge is -2.28. The second-order valence-corrected chi connectivity index (χ2v) is 4.55. The Bertz CT molecular complexity index is 556. The van der Waals surface area contributed by atoms with E-state index < -0.39 is 23.3 Å². The maximum Gasteiger partial charge on any atom is 0.432 e. The molecule has 0 aliphatic carbocycles. The number of ether oxygens (including phenoxy) is 1. The highest BCUT2D eigenvalue weighted by molar-refractivity contribution is 5.91. The molecule has 0 fully saturated rings. The molecule has 122 valence electrons.